The maximum Gasteiger partial charge on any atom is 0.216 e. The Kier molecular flexibility index (Phi) is 2.42. The van der Waals surface area contributed by atoms with Gasteiger partial charge < -0.3 is 0 Å². The fraction of sp³-hybridized carbons (Fsp3) is 0. The minimum atomic E-state index is 0.404. The molecule has 0 atom stereocenters. The van der Waals surface area contributed by atoms with Gasteiger partial charge in [0.2, 0.25) is 4.77 Å². The summed E-state index contributed by atoms with van der Waals surface area (Å²) in [7, 11) is 0. The highest BCUT2D eigenvalue weighted by atomic mass is 35.5. The molecule has 3 aromatic rings. The van der Waals surface area contributed by atoms with Crippen molar-refractivity contribution < 1.29 is 0 Å². The van der Waals surface area contributed by atoms with Crippen LogP contribution in [0.25, 0.3) is 16.8 Å². The fourth-order valence-corrected chi connectivity index (χ4v) is 2.06. The van der Waals surface area contributed by atoms with Crippen LogP contribution in [0.4, 0.5) is 0 Å². The number of hydrogen-bond donors (Lipinski definition) is 1. The normalized spacial score (nSPS) is 10.9. The van der Waals surface area contributed by atoms with Crippen molar-refractivity contribution in [1.82, 2.24) is 19.8 Å². The van der Waals surface area contributed by atoms with Crippen LogP contribution in [0.3, 0.4) is 0 Å². The van der Waals surface area contributed by atoms with Crippen LogP contribution >= 0.6 is 23.8 Å². The van der Waals surface area contributed by atoms with Crippen LogP contribution in [0, 0.1) is 4.77 Å². The summed E-state index contributed by atoms with van der Waals surface area (Å²) in [5.41, 5.74) is 2.49. The van der Waals surface area contributed by atoms with Crippen LogP contribution in [0.1, 0.15) is 0 Å². The number of H-pyrrole nitrogens is 1. The lowest BCUT2D eigenvalue weighted by Crippen LogP contribution is -1.94. The van der Waals surface area contributed by atoms with Crippen molar-refractivity contribution in [3.8, 4) is 11.1 Å². The molecule has 1 N–H and O–H groups in total. The number of rotatable bonds is 1. The molecular weight excluding hydrogens is 256 g/mol. The molecule has 2 aromatic heterocycles. The number of halogens is 1. The van der Waals surface area contributed by atoms with E-state index in [1.54, 1.807) is 0 Å². The second-order valence-electron chi connectivity index (χ2n) is 3.51. The van der Waals surface area contributed by atoms with Gasteiger partial charge in [0.15, 0.2) is 10.8 Å². The lowest BCUT2D eigenvalue weighted by Gasteiger charge is -2.03. The lowest BCUT2D eigenvalue weighted by molar-refractivity contribution is 0.911. The van der Waals surface area contributed by atoms with Gasteiger partial charge in [-0.2, -0.15) is 14.7 Å². The second kappa shape index (κ2) is 3.94. The smallest absolute Gasteiger partial charge is 0.216 e. The van der Waals surface area contributed by atoms with Crippen molar-refractivity contribution in [1.29, 1.82) is 0 Å². The number of hydrogen-bond acceptors (Lipinski definition) is 3. The van der Waals surface area contributed by atoms with Crippen LogP contribution in [-0.4, -0.2) is 19.8 Å². The minimum absolute atomic E-state index is 0.404. The number of fused-ring (bicyclic) bond motifs is 1. The Morgan fingerprint density at radius 2 is 2.00 bits per heavy atom. The van der Waals surface area contributed by atoms with Gasteiger partial charge in [-0.25, -0.2) is 5.10 Å². The Hall–Kier alpha value is -1.72. The molecule has 0 amide bonds. The fourth-order valence-electron chi connectivity index (χ4n) is 1.64. The first-order chi connectivity index (χ1) is 8.25. The van der Waals surface area contributed by atoms with Gasteiger partial charge in [-0.1, -0.05) is 41.9 Å². The Morgan fingerprint density at radius 3 is 2.76 bits per heavy atom. The number of benzene rings is 1. The van der Waals surface area contributed by atoms with Gasteiger partial charge in [-0.05, 0) is 23.8 Å². The quantitative estimate of drug-likeness (QED) is 0.686. The van der Waals surface area contributed by atoms with Crippen molar-refractivity contribution in [3.05, 3.63) is 46.3 Å². The van der Waals surface area contributed by atoms with Gasteiger partial charge in [-0.15, -0.1) is 0 Å². The third-order valence-electron chi connectivity index (χ3n) is 2.44. The molecule has 0 spiro atoms. The maximum absolute atomic E-state index is 6.15. The topological polar surface area (TPSA) is 46.0 Å². The SMILES string of the molecule is S=c1[nH]nc2cc(-c3ccccc3)c(Cl)nn12. The minimum Gasteiger partial charge on any atom is -0.250 e. The maximum atomic E-state index is 6.15. The first-order valence-corrected chi connectivity index (χ1v) is 5.74. The molecule has 0 bridgehead atoms. The van der Waals surface area contributed by atoms with Crippen LogP contribution < -0.4 is 0 Å². The average Bonchev–Trinajstić information content (AvgIpc) is 2.71. The van der Waals surface area contributed by atoms with Crippen LogP contribution in [-0.2, 0) is 0 Å². The summed E-state index contributed by atoms with van der Waals surface area (Å²) in [6, 6.07) is 11.7. The van der Waals surface area contributed by atoms with E-state index in [1.807, 2.05) is 36.4 Å². The molecule has 0 saturated carbocycles. The van der Waals surface area contributed by atoms with Gasteiger partial charge in [0.1, 0.15) is 0 Å². The van der Waals surface area contributed by atoms with Gasteiger partial charge in [0.05, 0.1) is 0 Å². The number of nitrogens with zero attached hydrogens (tertiary/aromatic N) is 3. The van der Waals surface area contributed by atoms with E-state index in [0.717, 1.165) is 11.1 Å². The number of aromatic amines is 1. The Bertz CT molecular complexity index is 732. The molecule has 17 heavy (non-hydrogen) atoms. The van der Waals surface area contributed by atoms with E-state index in [2.05, 4.69) is 15.3 Å². The molecule has 3 rings (SSSR count). The van der Waals surface area contributed by atoms with E-state index in [9.17, 15) is 0 Å². The van der Waals surface area contributed by atoms with Crippen molar-refractivity contribution in [2.45, 2.75) is 0 Å². The van der Waals surface area contributed by atoms with Gasteiger partial charge in [-0.3, -0.25) is 0 Å². The molecule has 0 aliphatic rings. The highest BCUT2D eigenvalue weighted by molar-refractivity contribution is 7.71. The van der Waals surface area contributed by atoms with Crippen LogP contribution in [0.5, 0.6) is 0 Å². The first kappa shape index (κ1) is 10.4. The zero-order valence-corrected chi connectivity index (χ0v) is 10.2. The summed E-state index contributed by atoms with van der Waals surface area (Å²) in [6.07, 6.45) is 0. The summed E-state index contributed by atoms with van der Waals surface area (Å²) < 4.78 is 1.94. The molecule has 6 heteroatoms. The largest absolute Gasteiger partial charge is 0.250 e. The van der Waals surface area contributed by atoms with Crippen molar-refractivity contribution in [3.63, 3.8) is 0 Å². The number of nitrogens with one attached hydrogen (secondary N) is 1. The molecule has 84 valence electrons. The summed E-state index contributed by atoms with van der Waals surface area (Å²) in [5.74, 6) is 0. The van der Waals surface area contributed by atoms with Crippen molar-refractivity contribution >= 4 is 29.5 Å². The predicted octanol–water partition coefficient (Wildman–Crippen LogP) is 3.11. The lowest BCUT2D eigenvalue weighted by atomic mass is 10.1. The van der Waals surface area contributed by atoms with Gasteiger partial charge in [0, 0.05) is 5.56 Å². The third-order valence-corrected chi connectivity index (χ3v) is 2.99. The molecule has 0 unspecified atom stereocenters. The highest BCUT2D eigenvalue weighted by Gasteiger charge is 2.08. The zero-order chi connectivity index (χ0) is 11.8. The van der Waals surface area contributed by atoms with Gasteiger partial charge >= 0.3 is 0 Å². The van der Waals surface area contributed by atoms with E-state index in [-0.39, 0.29) is 0 Å². The van der Waals surface area contributed by atoms with Crippen LogP contribution in [0.2, 0.25) is 5.15 Å². The Balaban J connectivity index is 2.31. The second-order valence-corrected chi connectivity index (χ2v) is 4.26. The van der Waals surface area contributed by atoms with E-state index >= 15 is 0 Å². The summed E-state index contributed by atoms with van der Waals surface area (Å²) in [4.78, 5) is 0. The third kappa shape index (κ3) is 1.73. The van der Waals surface area contributed by atoms with Crippen LogP contribution in [0.15, 0.2) is 36.4 Å². The van der Waals surface area contributed by atoms with Gasteiger partial charge in [0.25, 0.3) is 0 Å². The molecular formula is C11H7ClN4S. The van der Waals surface area contributed by atoms with E-state index in [4.69, 9.17) is 23.8 Å². The van der Waals surface area contributed by atoms with Crippen molar-refractivity contribution in [2.24, 2.45) is 0 Å². The number of aromatic nitrogens is 4. The van der Waals surface area contributed by atoms with Crippen molar-refractivity contribution in [2.75, 3.05) is 0 Å². The molecule has 0 aliphatic heterocycles. The Morgan fingerprint density at radius 1 is 1.24 bits per heavy atom. The highest BCUT2D eigenvalue weighted by Crippen LogP contribution is 2.26. The molecule has 0 saturated heterocycles. The molecule has 0 radical (unpaired) electrons. The monoisotopic (exact) mass is 262 g/mol. The average molecular weight is 263 g/mol. The van der Waals surface area contributed by atoms with E-state index < -0.39 is 0 Å². The van der Waals surface area contributed by atoms with E-state index in [0.29, 0.717) is 15.6 Å². The molecule has 4 nitrogen and oxygen atoms in total. The molecule has 0 aliphatic carbocycles. The molecule has 1 aromatic carbocycles. The molecule has 0 fully saturated rings. The first-order valence-electron chi connectivity index (χ1n) is 4.95. The standard InChI is InChI=1S/C11H7ClN4S/c12-10-8(7-4-2-1-3-5-7)6-9-13-14-11(17)16(9)15-10/h1-6H,(H,14,17). The summed E-state index contributed by atoms with van der Waals surface area (Å²) >= 11 is 11.2. The summed E-state index contributed by atoms with van der Waals surface area (Å²) in [5, 5.41) is 11.3. The van der Waals surface area contributed by atoms with E-state index in [1.165, 1.54) is 4.52 Å². The Labute approximate surface area is 107 Å². The zero-order valence-electron chi connectivity index (χ0n) is 8.59. The predicted molar refractivity (Wildman–Crippen MR) is 68.6 cm³/mol. The summed E-state index contributed by atoms with van der Waals surface area (Å²) in [6.45, 7) is 0. The molecule has 2 heterocycles.